The quantitative estimate of drug-likeness (QED) is 0.823. The Hall–Kier alpha value is -1.41. The van der Waals surface area contributed by atoms with Gasteiger partial charge in [-0.3, -0.25) is 4.79 Å². The van der Waals surface area contributed by atoms with Crippen LogP contribution in [-0.4, -0.2) is 37.4 Å². The van der Waals surface area contributed by atoms with E-state index < -0.39 is 0 Å². The first-order valence-electron chi connectivity index (χ1n) is 6.32. The van der Waals surface area contributed by atoms with Gasteiger partial charge in [0.05, 0.1) is 11.8 Å². The van der Waals surface area contributed by atoms with Gasteiger partial charge >= 0.3 is 0 Å². The van der Waals surface area contributed by atoms with E-state index in [1.54, 1.807) is 16.0 Å². The lowest BCUT2D eigenvalue weighted by molar-refractivity contribution is -0.120. The topological polar surface area (TPSA) is 72.7 Å². The number of aromatic nitrogens is 4. The maximum Gasteiger partial charge on any atom is 0.233 e. The van der Waals surface area contributed by atoms with Gasteiger partial charge in [-0.15, -0.1) is 16.4 Å². The summed E-state index contributed by atoms with van der Waals surface area (Å²) in [5.74, 6) is -0.00401. The van der Waals surface area contributed by atoms with E-state index in [2.05, 4.69) is 20.8 Å². The Kier molecular flexibility index (Phi) is 5.13. The lowest BCUT2D eigenvalue weighted by Gasteiger charge is -2.13. The van der Waals surface area contributed by atoms with E-state index in [0.29, 0.717) is 11.7 Å². The first-order chi connectivity index (χ1) is 9.56. The SMILES string of the molecule is CC(C)NC(=O)C(C)Sc1nnnn1Cc1cccs1. The van der Waals surface area contributed by atoms with Crippen LogP contribution in [0.15, 0.2) is 22.7 Å². The first-order valence-corrected chi connectivity index (χ1v) is 8.07. The van der Waals surface area contributed by atoms with Crippen molar-refractivity contribution >= 4 is 29.0 Å². The minimum absolute atomic E-state index is 0.00401. The second-order valence-corrected chi connectivity index (χ2v) is 6.96. The number of thioether (sulfide) groups is 1. The molecule has 2 rings (SSSR count). The molecule has 8 heteroatoms. The van der Waals surface area contributed by atoms with Crippen LogP contribution in [0.25, 0.3) is 0 Å². The van der Waals surface area contributed by atoms with Crippen molar-refractivity contribution in [2.45, 2.75) is 43.8 Å². The molecule has 1 amide bonds. The van der Waals surface area contributed by atoms with Crippen LogP contribution in [0.1, 0.15) is 25.6 Å². The van der Waals surface area contributed by atoms with E-state index in [0.717, 1.165) is 0 Å². The summed E-state index contributed by atoms with van der Waals surface area (Å²) in [5.41, 5.74) is 0. The molecule has 0 spiro atoms. The Morgan fingerprint density at radius 3 is 2.95 bits per heavy atom. The molecule has 6 nitrogen and oxygen atoms in total. The van der Waals surface area contributed by atoms with Gasteiger partial charge in [0.15, 0.2) is 0 Å². The van der Waals surface area contributed by atoms with E-state index in [1.807, 2.05) is 38.3 Å². The highest BCUT2D eigenvalue weighted by Crippen LogP contribution is 2.21. The molecule has 2 aromatic heterocycles. The minimum Gasteiger partial charge on any atom is -0.353 e. The Morgan fingerprint density at radius 1 is 1.50 bits per heavy atom. The molecule has 0 saturated heterocycles. The molecule has 0 aliphatic carbocycles. The molecule has 1 N–H and O–H groups in total. The maximum absolute atomic E-state index is 11.9. The summed E-state index contributed by atoms with van der Waals surface area (Å²) in [4.78, 5) is 13.1. The summed E-state index contributed by atoms with van der Waals surface area (Å²) in [6.07, 6.45) is 0. The molecule has 0 saturated carbocycles. The Bertz CT molecular complexity index is 552. The van der Waals surface area contributed by atoms with Gasteiger partial charge in [-0.25, -0.2) is 4.68 Å². The molecule has 2 aromatic rings. The summed E-state index contributed by atoms with van der Waals surface area (Å²) in [6.45, 7) is 6.37. The minimum atomic E-state index is -0.231. The second kappa shape index (κ2) is 6.85. The smallest absolute Gasteiger partial charge is 0.233 e. The van der Waals surface area contributed by atoms with E-state index in [1.165, 1.54) is 16.6 Å². The number of hydrogen-bond acceptors (Lipinski definition) is 6. The fraction of sp³-hybridized carbons (Fsp3) is 0.500. The zero-order valence-electron chi connectivity index (χ0n) is 11.6. The number of tetrazole rings is 1. The maximum atomic E-state index is 11.9. The molecule has 1 atom stereocenters. The summed E-state index contributed by atoms with van der Waals surface area (Å²) >= 11 is 3.03. The van der Waals surface area contributed by atoms with Crippen LogP contribution in [0, 0.1) is 0 Å². The predicted octanol–water partition coefficient (Wildman–Crippen LogP) is 1.79. The van der Waals surface area contributed by atoms with Gasteiger partial charge in [-0.1, -0.05) is 17.8 Å². The second-order valence-electron chi connectivity index (χ2n) is 4.62. The van der Waals surface area contributed by atoms with Crippen LogP contribution in [-0.2, 0) is 11.3 Å². The predicted molar refractivity (Wildman–Crippen MR) is 79.8 cm³/mol. The zero-order chi connectivity index (χ0) is 14.5. The number of carbonyl (C=O) groups is 1. The number of nitrogens with one attached hydrogen (secondary N) is 1. The molecular weight excluding hydrogens is 294 g/mol. The Morgan fingerprint density at radius 2 is 2.30 bits per heavy atom. The molecule has 108 valence electrons. The van der Waals surface area contributed by atoms with Crippen molar-refractivity contribution in [1.82, 2.24) is 25.5 Å². The van der Waals surface area contributed by atoms with Gasteiger partial charge in [-0.05, 0) is 42.6 Å². The molecule has 0 aromatic carbocycles. The molecule has 0 aliphatic rings. The summed E-state index contributed by atoms with van der Waals surface area (Å²) in [7, 11) is 0. The van der Waals surface area contributed by atoms with E-state index in [9.17, 15) is 4.79 Å². The van der Waals surface area contributed by atoms with Crippen LogP contribution in [0.2, 0.25) is 0 Å². The number of thiophene rings is 1. The first kappa shape index (κ1) is 15.0. The van der Waals surface area contributed by atoms with Gasteiger partial charge in [0.2, 0.25) is 11.1 Å². The molecule has 20 heavy (non-hydrogen) atoms. The molecule has 0 fully saturated rings. The Balaban J connectivity index is 1.99. The van der Waals surface area contributed by atoms with Crippen molar-refractivity contribution in [3.8, 4) is 0 Å². The normalized spacial score (nSPS) is 12.6. The standard InChI is InChI=1S/C12H17N5OS2/c1-8(2)13-11(18)9(3)20-12-14-15-16-17(12)7-10-5-4-6-19-10/h4-6,8-9H,7H2,1-3H3,(H,13,18). The van der Waals surface area contributed by atoms with E-state index >= 15 is 0 Å². The third-order valence-corrected chi connectivity index (χ3v) is 4.40. The van der Waals surface area contributed by atoms with Crippen LogP contribution in [0.3, 0.4) is 0 Å². The van der Waals surface area contributed by atoms with Gasteiger partial charge in [0, 0.05) is 10.9 Å². The lowest BCUT2D eigenvalue weighted by Crippen LogP contribution is -2.36. The van der Waals surface area contributed by atoms with Crippen molar-refractivity contribution in [1.29, 1.82) is 0 Å². The van der Waals surface area contributed by atoms with Crippen molar-refractivity contribution in [3.05, 3.63) is 22.4 Å². The zero-order valence-corrected chi connectivity index (χ0v) is 13.2. The molecular formula is C12H17N5OS2. The van der Waals surface area contributed by atoms with Crippen molar-refractivity contribution < 1.29 is 4.79 Å². The number of hydrogen-bond donors (Lipinski definition) is 1. The summed E-state index contributed by atoms with van der Waals surface area (Å²) < 4.78 is 1.72. The van der Waals surface area contributed by atoms with Gasteiger partial charge in [0.25, 0.3) is 0 Å². The van der Waals surface area contributed by atoms with E-state index in [-0.39, 0.29) is 17.2 Å². The molecule has 2 heterocycles. The van der Waals surface area contributed by atoms with Gasteiger partial charge in [0.1, 0.15) is 0 Å². The summed E-state index contributed by atoms with van der Waals surface area (Å²) in [6, 6.07) is 4.17. The third kappa shape index (κ3) is 4.04. The number of carbonyl (C=O) groups excluding carboxylic acids is 1. The molecule has 0 aliphatic heterocycles. The number of rotatable bonds is 6. The highest BCUT2D eigenvalue weighted by Gasteiger charge is 2.19. The lowest BCUT2D eigenvalue weighted by atomic mass is 10.3. The molecule has 1 unspecified atom stereocenters. The fourth-order valence-corrected chi connectivity index (χ4v) is 3.03. The van der Waals surface area contributed by atoms with Crippen LogP contribution in [0.5, 0.6) is 0 Å². The fourth-order valence-electron chi connectivity index (χ4n) is 1.54. The van der Waals surface area contributed by atoms with Gasteiger partial charge < -0.3 is 5.32 Å². The van der Waals surface area contributed by atoms with Crippen LogP contribution in [0.4, 0.5) is 0 Å². The average molecular weight is 311 g/mol. The Labute approximate surface area is 126 Å². The number of nitrogens with zero attached hydrogens (tertiary/aromatic N) is 4. The largest absolute Gasteiger partial charge is 0.353 e. The molecule has 0 radical (unpaired) electrons. The van der Waals surface area contributed by atoms with Crippen LogP contribution < -0.4 is 5.32 Å². The van der Waals surface area contributed by atoms with Crippen molar-refractivity contribution in [2.24, 2.45) is 0 Å². The monoisotopic (exact) mass is 311 g/mol. The highest BCUT2D eigenvalue weighted by molar-refractivity contribution is 8.00. The third-order valence-electron chi connectivity index (χ3n) is 2.47. The molecule has 0 bridgehead atoms. The summed E-state index contributed by atoms with van der Waals surface area (Å²) in [5, 5.41) is 17.0. The van der Waals surface area contributed by atoms with Crippen molar-refractivity contribution in [2.75, 3.05) is 0 Å². The number of amides is 1. The average Bonchev–Trinajstić information content (AvgIpc) is 3.01. The van der Waals surface area contributed by atoms with Gasteiger partial charge in [-0.2, -0.15) is 0 Å². The highest BCUT2D eigenvalue weighted by atomic mass is 32.2. The van der Waals surface area contributed by atoms with E-state index in [4.69, 9.17) is 0 Å². The van der Waals surface area contributed by atoms with Crippen molar-refractivity contribution in [3.63, 3.8) is 0 Å². The van der Waals surface area contributed by atoms with Crippen LogP contribution >= 0.6 is 23.1 Å².